The van der Waals surface area contributed by atoms with Crippen molar-refractivity contribution in [2.24, 2.45) is 5.73 Å². The molecule has 2 aromatic carbocycles. The summed E-state index contributed by atoms with van der Waals surface area (Å²) in [6, 6.07) is 13.9. The fraction of sp³-hybridized carbons (Fsp3) is 0.111. The lowest BCUT2D eigenvalue weighted by Gasteiger charge is -2.09. The van der Waals surface area contributed by atoms with Crippen LogP contribution in [0.1, 0.15) is 15.9 Å². The van der Waals surface area contributed by atoms with Crippen molar-refractivity contribution in [2.75, 3.05) is 11.9 Å². The highest BCUT2D eigenvalue weighted by Gasteiger charge is 2.16. The molecule has 0 fully saturated rings. The summed E-state index contributed by atoms with van der Waals surface area (Å²) < 4.78 is 1.77. The van der Waals surface area contributed by atoms with Gasteiger partial charge in [0.05, 0.1) is 10.6 Å². The Morgan fingerprint density at radius 3 is 2.62 bits per heavy atom. The fourth-order valence-electron chi connectivity index (χ4n) is 2.56. The third-order valence-corrected chi connectivity index (χ3v) is 3.91. The number of nitrogens with zero attached hydrogens (tertiary/aromatic N) is 3. The van der Waals surface area contributed by atoms with Crippen molar-refractivity contribution in [1.82, 2.24) is 9.78 Å². The zero-order valence-electron chi connectivity index (χ0n) is 13.8. The largest absolute Gasteiger partial charge is 0.379 e. The molecule has 0 unspecified atom stereocenters. The molecule has 0 aliphatic carbocycles. The van der Waals surface area contributed by atoms with E-state index in [1.165, 1.54) is 18.2 Å². The minimum absolute atomic E-state index is 0.108. The van der Waals surface area contributed by atoms with Crippen LogP contribution < -0.4 is 11.1 Å². The molecular formula is C18H17N5O3. The SMILES string of the molecule is NC(=O)c1ccc(NCCc2ccc(-n3cccn3)cc2)c([N+](=O)[O-])c1. The Morgan fingerprint density at radius 2 is 2.00 bits per heavy atom. The van der Waals surface area contributed by atoms with E-state index in [1.54, 1.807) is 10.9 Å². The maximum absolute atomic E-state index is 11.2. The Kier molecular flexibility index (Phi) is 4.93. The number of rotatable bonds is 7. The normalized spacial score (nSPS) is 10.5. The Hall–Kier alpha value is -3.68. The van der Waals surface area contributed by atoms with Gasteiger partial charge in [0, 0.05) is 30.6 Å². The van der Waals surface area contributed by atoms with Crippen molar-refractivity contribution in [3.05, 3.63) is 82.2 Å². The average molecular weight is 351 g/mol. The van der Waals surface area contributed by atoms with Gasteiger partial charge in [0.1, 0.15) is 5.69 Å². The molecule has 8 nitrogen and oxygen atoms in total. The van der Waals surface area contributed by atoms with Crippen molar-refractivity contribution < 1.29 is 9.72 Å². The van der Waals surface area contributed by atoms with Crippen LogP contribution in [0.4, 0.5) is 11.4 Å². The topological polar surface area (TPSA) is 116 Å². The summed E-state index contributed by atoms with van der Waals surface area (Å²) >= 11 is 0. The summed E-state index contributed by atoms with van der Waals surface area (Å²) in [5, 5.41) is 18.4. The van der Waals surface area contributed by atoms with Crippen LogP contribution in [-0.4, -0.2) is 27.2 Å². The van der Waals surface area contributed by atoms with E-state index in [1.807, 2.05) is 36.5 Å². The average Bonchev–Trinajstić information content (AvgIpc) is 3.17. The van der Waals surface area contributed by atoms with E-state index in [-0.39, 0.29) is 11.3 Å². The van der Waals surface area contributed by atoms with E-state index in [9.17, 15) is 14.9 Å². The third kappa shape index (κ3) is 3.86. The third-order valence-electron chi connectivity index (χ3n) is 3.91. The molecule has 26 heavy (non-hydrogen) atoms. The van der Waals surface area contributed by atoms with Gasteiger partial charge in [-0.2, -0.15) is 5.10 Å². The van der Waals surface area contributed by atoms with Gasteiger partial charge in [-0.15, -0.1) is 0 Å². The number of nitrogens with two attached hydrogens (primary N) is 1. The monoisotopic (exact) mass is 351 g/mol. The van der Waals surface area contributed by atoms with Crippen LogP contribution >= 0.6 is 0 Å². The molecule has 0 radical (unpaired) electrons. The van der Waals surface area contributed by atoms with Crippen molar-refractivity contribution in [3.8, 4) is 5.69 Å². The summed E-state index contributed by atoms with van der Waals surface area (Å²) in [6.45, 7) is 0.512. The number of amides is 1. The number of nitro groups is 1. The molecule has 1 amide bonds. The van der Waals surface area contributed by atoms with Gasteiger partial charge >= 0.3 is 0 Å². The van der Waals surface area contributed by atoms with Crippen LogP contribution in [0.5, 0.6) is 0 Å². The van der Waals surface area contributed by atoms with Crippen LogP contribution in [0.3, 0.4) is 0 Å². The number of carbonyl (C=O) groups is 1. The minimum atomic E-state index is -0.697. The molecule has 0 aliphatic heterocycles. The molecule has 0 atom stereocenters. The Bertz CT molecular complexity index is 921. The summed E-state index contributed by atoms with van der Waals surface area (Å²) in [7, 11) is 0. The molecule has 0 bridgehead atoms. The van der Waals surface area contributed by atoms with Crippen molar-refractivity contribution in [1.29, 1.82) is 0 Å². The van der Waals surface area contributed by atoms with Crippen LogP contribution in [0.15, 0.2) is 60.9 Å². The molecule has 0 spiro atoms. The molecule has 1 heterocycles. The fourth-order valence-corrected chi connectivity index (χ4v) is 2.56. The number of benzene rings is 2. The molecule has 3 rings (SSSR count). The summed E-state index contributed by atoms with van der Waals surface area (Å²) in [6.07, 6.45) is 4.27. The molecule has 0 saturated carbocycles. The van der Waals surface area contributed by atoms with Crippen molar-refractivity contribution >= 4 is 17.3 Å². The summed E-state index contributed by atoms with van der Waals surface area (Å²) in [4.78, 5) is 21.8. The molecular weight excluding hydrogens is 334 g/mol. The Labute approximate surface area is 149 Å². The van der Waals surface area contributed by atoms with Crippen molar-refractivity contribution in [3.63, 3.8) is 0 Å². The van der Waals surface area contributed by atoms with E-state index in [4.69, 9.17) is 5.73 Å². The first-order valence-electron chi connectivity index (χ1n) is 7.95. The first-order chi connectivity index (χ1) is 12.5. The van der Waals surface area contributed by atoms with Crippen LogP contribution in [0.25, 0.3) is 5.69 Å². The maximum Gasteiger partial charge on any atom is 0.293 e. The zero-order chi connectivity index (χ0) is 18.5. The smallest absolute Gasteiger partial charge is 0.293 e. The van der Waals surface area contributed by atoms with E-state index in [2.05, 4.69) is 10.4 Å². The predicted octanol–water partition coefficient (Wildman–Crippen LogP) is 2.53. The van der Waals surface area contributed by atoms with Crippen molar-refractivity contribution in [2.45, 2.75) is 6.42 Å². The highest BCUT2D eigenvalue weighted by molar-refractivity contribution is 5.94. The molecule has 132 valence electrons. The zero-order valence-corrected chi connectivity index (χ0v) is 13.8. The molecule has 0 aliphatic rings. The lowest BCUT2D eigenvalue weighted by atomic mass is 10.1. The van der Waals surface area contributed by atoms with Gasteiger partial charge in [0.2, 0.25) is 5.91 Å². The summed E-state index contributed by atoms with van der Waals surface area (Å²) in [5.74, 6) is -0.697. The van der Waals surface area contributed by atoms with E-state index >= 15 is 0 Å². The predicted molar refractivity (Wildman–Crippen MR) is 97.4 cm³/mol. The number of nitro benzene ring substituents is 1. The quantitative estimate of drug-likeness (QED) is 0.501. The standard InChI is InChI=1S/C18H17N5O3/c19-18(24)14-4-7-16(17(12-14)23(25)26)20-10-8-13-2-5-15(6-3-13)22-11-1-9-21-22/h1-7,9,11-12,20H,8,10H2,(H2,19,24). The number of nitrogens with one attached hydrogen (secondary N) is 1. The van der Waals surface area contributed by atoms with Gasteiger partial charge in [-0.3, -0.25) is 14.9 Å². The number of carbonyl (C=O) groups excluding carboxylic acids is 1. The number of aromatic nitrogens is 2. The van der Waals surface area contributed by atoms with Gasteiger partial charge in [-0.05, 0) is 42.3 Å². The number of primary amides is 1. The van der Waals surface area contributed by atoms with Gasteiger partial charge in [0.25, 0.3) is 5.69 Å². The molecule has 1 aromatic heterocycles. The molecule has 3 aromatic rings. The van der Waals surface area contributed by atoms with E-state index in [0.717, 1.165) is 11.3 Å². The maximum atomic E-state index is 11.2. The molecule has 0 saturated heterocycles. The summed E-state index contributed by atoms with van der Waals surface area (Å²) in [5.41, 5.74) is 7.51. The lowest BCUT2D eigenvalue weighted by Crippen LogP contribution is -2.12. The van der Waals surface area contributed by atoms with Crippen LogP contribution in [0, 0.1) is 10.1 Å². The number of anilines is 1. The highest BCUT2D eigenvalue weighted by atomic mass is 16.6. The van der Waals surface area contributed by atoms with Crippen LogP contribution in [-0.2, 0) is 6.42 Å². The minimum Gasteiger partial charge on any atom is -0.379 e. The first-order valence-corrected chi connectivity index (χ1v) is 7.95. The van der Waals surface area contributed by atoms with Gasteiger partial charge in [-0.25, -0.2) is 4.68 Å². The van der Waals surface area contributed by atoms with Gasteiger partial charge < -0.3 is 11.1 Å². The van der Waals surface area contributed by atoms with E-state index in [0.29, 0.717) is 18.7 Å². The van der Waals surface area contributed by atoms with Crippen LogP contribution in [0.2, 0.25) is 0 Å². The Balaban J connectivity index is 1.64. The number of hydrogen-bond donors (Lipinski definition) is 2. The highest BCUT2D eigenvalue weighted by Crippen LogP contribution is 2.25. The second-order valence-electron chi connectivity index (χ2n) is 5.65. The number of hydrogen-bond acceptors (Lipinski definition) is 5. The lowest BCUT2D eigenvalue weighted by molar-refractivity contribution is -0.384. The van der Waals surface area contributed by atoms with Gasteiger partial charge in [0.15, 0.2) is 0 Å². The molecule has 8 heteroatoms. The first kappa shape index (κ1) is 17.2. The van der Waals surface area contributed by atoms with Gasteiger partial charge in [-0.1, -0.05) is 12.1 Å². The van der Waals surface area contributed by atoms with E-state index < -0.39 is 10.8 Å². The molecule has 3 N–H and O–H groups in total. The second kappa shape index (κ2) is 7.47. The second-order valence-corrected chi connectivity index (χ2v) is 5.65. The Morgan fingerprint density at radius 1 is 1.23 bits per heavy atom.